The van der Waals surface area contributed by atoms with E-state index in [4.69, 9.17) is 5.11 Å². The highest BCUT2D eigenvalue weighted by Gasteiger charge is 1.96. The molecule has 0 aliphatic carbocycles. The van der Waals surface area contributed by atoms with E-state index >= 15 is 0 Å². The van der Waals surface area contributed by atoms with E-state index in [0.29, 0.717) is 0 Å². The number of allylic oxidation sites excluding steroid dienone is 1. The average Bonchev–Trinajstić information content (AvgIpc) is 1.65. The molecule has 0 fully saturated rings. The highest BCUT2D eigenvalue weighted by molar-refractivity contribution is 4.86. The van der Waals surface area contributed by atoms with Gasteiger partial charge in [-0.2, -0.15) is 0 Å². The summed E-state index contributed by atoms with van der Waals surface area (Å²) in [4.78, 5) is 0. The zero-order chi connectivity index (χ0) is 5.86. The van der Waals surface area contributed by atoms with Crippen LogP contribution < -0.4 is 0 Å². The monoisotopic (exact) mass is 104 g/mol. The molecular formula is C5H9FO. The molecule has 0 spiro atoms. The van der Waals surface area contributed by atoms with Crippen LogP contribution >= 0.6 is 0 Å². The van der Waals surface area contributed by atoms with Gasteiger partial charge < -0.3 is 5.11 Å². The van der Waals surface area contributed by atoms with Gasteiger partial charge in [0.2, 0.25) is 0 Å². The summed E-state index contributed by atoms with van der Waals surface area (Å²) in [6.07, 6.45) is 0.213. The maximum atomic E-state index is 11.2. The second-order valence-electron chi connectivity index (χ2n) is 1.69. The van der Waals surface area contributed by atoms with Crippen LogP contribution in [0.25, 0.3) is 0 Å². The van der Waals surface area contributed by atoms with E-state index in [-0.39, 0.29) is 18.0 Å². The normalized spacial score (nSPS) is 12.9. The van der Waals surface area contributed by atoms with E-state index in [0.717, 1.165) is 0 Å². The minimum Gasteiger partial charge on any atom is -0.510 e. The van der Waals surface area contributed by atoms with E-state index in [2.05, 4.69) is 0 Å². The minimum absolute atomic E-state index is 0.0926. The zero-order valence-corrected chi connectivity index (χ0v) is 4.48. The summed E-state index contributed by atoms with van der Waals surface area (Å²) in [5.41, 5.74) is 0. The Hall–Kier alpha value is -0.530. The molecule has 0 unspecified atom stereocenters. The standard InChI is InChI=1S/C5H9FO/c1-4(2)5(7)3-6/h3-4,7H,1-2H3/b5-3+. The van der Waals surface area contributed by atoms with Crippen LogP contribution in [0.4, 0.5) is 4.39 Å². The molecule has 7 heavy (non-hydrogen) atoms. The van der Waals surface area contributed by atoms with Crippen molar-refractivity contribution >= 4 is 0 Å². The van der Waals surface area contributed by atoms with Gasteiger partial charge in [-0.15, -0.1) is 0 Å². The van der Waals surface area contributed by atoms with Crippen molar-refractivity contribution in [3.8, 4) is 0 Å². The second-order valence-corrected chi connectivity index (χ2v) is 1.69. The molecule has 0 aromatic heterocycles. The van der Waals surface area contributed by atoms with Gasteiger partial charge in [0, 0.05) is 5.92 Å². The Morgan fingerprint density at radius 3 is 2.14 bits per heavy atom. The first-order chi connectivity index (χ1) is 3.18. The molecule has 0 saturated carbocycles. The van der Waals surface area contributed by atoms with E-state index in [1.165, 1.54) is 0 Å². The van der Waals surface area contributed by atoms with Gasteiger partial charge in [-0.3, -0.25) is 0 Å². The zero-order valence-electron chi connectivity index (χ0n) is 4.48. The Labute approximate surface area is 42.5 Å². The fourth-order valence-corrected chi connectivity index (χ4v) is 0.126. The molecular weight excluding hydrogens is 95.1 g/mol. The van der Waals surface area contributed by atoms with Crippen LogP contribution in [0.1, 0.15) is 13.8 Å². The molecule has 0 amide bonds. The smallest absolute Gasteiger partial charge is 0.124 e. The molecule has 0 aliphatic heterocycles. The van der Waals surface area contributed by atoms with Crippen LogP contribution in [0.3, 0.4) is 0 Å². The maximum Gasteiger partial charge on any atom is 0.124 e. The predicted octanol–water partition coefficient (Wildman–Crippen LogP) is 2.01. The summed E-state index contributed by atoms with van der Waals surface area (Å²) in [6.45, 7) is 3.43. The lowest BCUT2D eigenvalue weighted by atomic mass is 10.2. The number of hydrogen-bond donors (Lipinski definition) is 1. The topological polar surface area (TPSA) is 20.2 Å². The van der Waals surface area contributed by atoms with Crippen molar-refractivity contribution in [3.05, 3.63) is 12.1 Å². The van der Waals surface area contributed by atoms with Gasteiger partial charge in [0.25, 0.3) is 0 Å². The van der Waals surface area contributed by atoms with Crippen molar-refractivity contribution in [1.82, 2.24) is 0 Å². The summed E-state index contributed by atoms with van der Waals surface area (Å²) in [5.74, 6) is -0.287. The van der Waals surface area contributed by atoms with Crippen LogP contribution in [0.5, 0.6) is 0 Å². The van der Waals surface area contributed by atoms with Crippen LogP contribution in [-0.2, 0) is 0 Å². The quantitative estimate of drug-likeness (QED) is 0.504. The number of halogens is 1. The van der Waals surface area contributed by atoms with Crippen molar-refractivity contribution in [2.75, 3.05) is 0 Å². The van der Waals surface area contributed by atoms with E-state index in [1.54, 1.807) is 13.8 Å². The molecule has 0 rings (SSSR count). The first-order valence-corrected chi connectivity index (χ1v) is 2.17. The Morgan fingerprint density at radius 2 is 2.14 bits per heavy atom. The van der Waals surface area contributed by atoms with E-state index in [1.807, 2.05) is 0 Å². The third kappa shape index (κ3) is 2.20. The first-order valence-electron chi connectivity index (χ1n) is 2.17. The molecule has 0 aromatic rings. The molecule has 0 aliphatic rings. The average molecular weight is 104 g/mol. The summed E-state index contributed by atoms with van der Waals surface area (Å²) >= 11 is 0. The number of hydrogen-bond acceptors (Lipinski definition) is 1. The van der Waals surface area contributed by atoms with Gasteiger partial charge >= 0.3 is 0 Å². The number of rotatable bonds is 1. The fraction of sp³-hybridized carbons (Fsp3) is 0.600. The number of aliphatic hydroxyl groups excluding tert-OH is 1. The first kappa shape index (κ1) is 6.47. The molecule has 2 heteroatoms. The lowest BCUT2D eigenvalue weighted by Crippen LogP contribution is -1.89. The predicted molar refractivity (Wildman–Crippen MR) is 26.7 cm³/mol. The van der Waals surface area contributed by atoms with Gasteiger partial charge in [0.1, 0.15) is 12.1 Å². The van der Waals surface area contributed by atoms with E-state index < -0.39 is 0 Å². The van der Waals surface area contributed by atoms with Gasteiger partial charge in [-0.25, -0.2) is 4.39 Å². The molecule has 0 atom stereocenters. The lowest BCUT2D eigenvalue weighted by molar-refractivity contribution is 0.338. The highest BCUT2D eigenvalue weighted by atomic mass is 19.1. The van der Waals surface area contributed by atoms with Gasteiger partial charge in [0.05, 0.1) is 0 Å². The van der Waals surface area contributed by atoms with Crippen molar-refractivity contribution in [2.24, 2.45) is 5.92 Å². The van der Waals surface area contributed by atoms with Crippen LogP contribution in [0.15, 0.2) is 12.1 Å². The molecule has 1 nitrogen and oxygen atoms in total. The summed E-state index contributed by atoms with van der Waals surface area (Å²) in [7, 11) is 0. The van der Waals surface area contributed by atoms with Crippen LogP contribution in [-0.4, -0.2) is 5.11 Å². The van der Waals surface area contributed by atoms with Crippen LogP contribution in [0, 0.1) is 5.92 Å². The molecule has 0 heterocycles. The van der Waals surface area contributed by atoms with Crippen molar-refractivity contribution in [1.29, 1.82) is 0 Å². The van der Waals surface area contributed by atoms with Crippen molar-refractivity contribution < 1.29 is 9.50 Å². The number of aliphatic hydroxyl groups is 1. The SMILES string of the molecule is CC(C)/C(O)=C\F. The van der Waals surface area contributed by atoms with E-state index in [9.17, 15) is 4.39 Å². The molecule has 0 aromatic carbocycles. The van der Waals surface area contributed by atoms with Gasteiger partial charge in [-0.1, -0.05) is 13.8 Å². The summed E-state index contributed by atoms with van der Waals surface area (Å²) in [6, 6.07) is 0. The third-order valence-electron chi connectivity index (χ3n) is 0.703. The summed E-state index contributed by atoms with van der Waals surface area (Å²) in [5, 5.41) is 8.42. The van der Waals surface area contributed by atoms with Crippen molar-refractivity contribution in [2.45, 2.75) is 13.8 Å². The van der Waals surface area contributed by atoms with Crippen molar-refractivity contribution in [3.63, 3.8) is 0 Å². The Balaban J connectivity index is 3.56. The Kier molecular flexibility index (Phi) is 2.41. The molecule has 0 saturated heterocycles. The summed E-state index contributed by atoms with van der Waals surface area (Å²) < 4.78 is 11.2. The maximum absolute atomic E-state index is 11.2. The second kappa shape index (κ2) is 2.61. The Morgan fingerprint density at radius 1 is 1.71 bits per heavy atom. The minimum atomic E-state index is -0.194. The molecule has 1 N–H and O–H groups in total. The molecule has 0 bridgehead atoms. The highest BCUT2D eigenvalue weighted by Crippen LogP contribution is 2.03. The molecule has 42 valence electrons. The largest absolute Gasteiger partial charge is 0.510 e. The van der Waals surface area contributed by atoms with Gasteiger partial charge in [-0.05, 0) is 0 Å². The lowest BCUT2D eigenvalue weighted by Gasteiger charge is -1.96. The third-order valence-corrected chi connectivity index (χ3v) is 0.703. The van der Waals surface area contributed by atoms with Crippen LogP contribution in [0.2, 0.25) is 0 Å². The van der Waals surface area contributed by atoms with Gasteiger partial charge in [0.15, 0.2) is 0 Å². The Bertz CT molecular complexity index is 76.1. The fourth-order valence-electron chi connectivity index (χ4n) is 0.126. The molecule has 0 radical (unpaired) electrons.